The van der Waals surface area contributed by atoms with Gasteiger partial charge in [0.05, 0.1) is 0 Å². The van der Waals surface area contributed by atoms with Crippen molar-refractivity contribution in [1.82, 2.24) is 20.4 Å². The molecule has 1 amide bonds. The molecule has 4 heterocycles. The third-order valence-corrected chi connectivity index (χ3v) is 5.66. The number of aromatic nitrogens is 2. The summed E-state index contributed by atoms with van der Waals surface area (Å²) in [6.07, 6.45) is 4.95. The molecule has 5 rings (SSSR count). The molecule has 1 unspecified atom stereocenters. The fraction of sp³-hybridized carbons (Fsp3) is 0.471. The van der Waals surface area contributed by atoms with E-state index in [1.165, 1.54) is 44.1 Å². The Labute approximate surface area is 145 Å². The number of nitrogens with one attached hydrogen (secondary N) is 1. The zero-order chi connectivity index (χ0) is 16.4. The number of nitrogens with zero attached hydrogens (tertiary/aromatic N) is 3. The van der Waals surface area contributed by atoms with Gasteiger partial charge in [0, 0.05) is 23.0 Å². The molecule has 1 N–H and O–H groups in total. The van der Waals surface area contributed by atoms with E-state index in [-0.39, 0.29) is 11.9 Å². The number of amides is 1. The number of fused-ring (bicyclic) bond motifs is 4. The van der Waals surface area contributed by atoms with Crippen molar-refractivity contribution in [2.24, 2.45) is 5.92 Å². The van der Waals surface area contributed by atoms with Crippen LogP contribution in [0.5, 0.6) is 0 Å². The number of hydrogen-bond acceptors (Lipinski definition) is 6. The molecule has 0 saturated carbocycles. The minimum Gasteiger partial charge on any atom is -0.419 e. The number of benzene rings is 1. The van der Waals surface area contributed by atoms with Crippen molar-refractivity contribution in [3.05, 3.63) is 36.2 Å². The van der Waals surface area contributed by atoms with Crippen molar-refractivity contribution >= 4 is 17.7 Å². The maximum Gasteiger partial charge on any atom is 0.281 e. The van der Waals surface area contributed by atoms with Gasteiger partial charge in [-0.05, 0) is 74.3 Å². The van der Waals surface area contributed by atoms with Gasteiger partial charge in [0.2, 0.25) is 6.39 Å². The second kappa shape index (κ2) is 6.94. The van der Waals surface area contributed by atoms with Crippen LogP contribution >= 0.6 is 11.8 Å². The first-order valence-corrected chi connectivity index (χ1v) is 9.15. The van der Waals surface area contributed by atoms with Gasteiger partial charge >= 0.3 is 0 Å². The Morgan fingerprint density at radius 3 is 2.75 bits per heavy atom. The molecule has 2 bridgehead atoms. The summed E-state index contributed by atoms with van der Waals surface area (Å²) in [5, 5.41) is 11.2. The van der Waals surface area contributed by atoms with Crippen molar-refractivity contribution < 1.29 is 9.21 Å². The fourth-order valence-electron chi connectivity index (χ4n) is 3.55. The number of hydrogen-bond donors (Lipinski definition) is 1. The average molecular weight is 344 g/mol. The summed E-state index contributed by atoms with van der Waals surface area (Å²) >= 11 is 1.38. The summed E-state index contributed by atoms with van der Waals surface area (Å²) < 4.78 is 5.11. The molecule has 3 saturated heterocycles. The van der Waals surface area contributed by atoms with Gasteiger partial charge in [0.15, 0.2) is 0 Å². The lowest BCUT2D eigenvalue weighted by Crippen LogP contribution is -2.41. The van der Waals surface area contributed by atoms with Crippen molar-refractivity contribution in [3.63, 3.8) is 0 Å². The Bertz CT molecular complexity index is 667. The number of carbonyl (C=O) groups excluding carboxylic acids is 1. The highest BCUT2D eigenvalue weighted by molar-refractivity contribution is 7.99. The van der Waals surface area contributed by atoms with Crippen molar-refractivity contribution in [3.8, 4) is 0 Å². The van der Waals surface area contributed by atoms with E-state index in [9.17, 15) is 4.79 Å². The molecule has 1 aromatic carbocycles. The van der Waals surface area contributed by atoms with Gasteiger partial charge in [0.1, 0.15) is 0 Å². The van der Waals surface area contributed by atoms with Crippen LogP contribution in [-0.2, 0) is 0 Å². The number of rotatable bonds is 4. The molecule has 126 valence electrons. The van der Waals surface area contributed by atoms with Gasteiger partial charge in [-0.15, -0.1) is 10.2 Å². The van der Waals surface area contributed by atoms with E-state index in [1.54, 1.807) is 0 Å². The van der Waals surface area contributed by atoms with Crippen LogP contribution in [0, 0.1) is 5.92 Å². The molecule has 0 spiro atoms. The second-order valence-electron chi connectivity index (χ2n) is 6.48. The van der Waals surface area contributed by atoms with Gasteiger partial charge in [-0.2, -0.15) is 0 Å². The van der Waals surface area contributed by atoms with E-state index in [0.717, 1.165) is 23.8 Å². The third-order valence-electron chi connectivity index (χ3n) is 4.80. The topological polar surface area (TPSA) is 71.3 Å². The third kappa shape index (κ3) is 3.62. The van der Waals surface area contributed by atoms with Gasteiger partial charge in [-0.3, -0.25) is 4.79 Å². The van der Waals surface area contributed by atoms with E-state index in [4.69, 9.17) is 4.42 Å². The summed E-state index contributed by atoms with van der Waals surface area (Å²) in [4.78, 5) is 15.9. The van der Waals surface area contributed by atoms with Crippen LogP contribution in [-0.4, -0.2) is 46.7 Å². The monoisotopic (exact) mass is 344 g/mol. The molecule has 1 aromatic heterocycles. The highest BCUT2D eigenvalue weighted by Gasteiger charge is 2.29. The molecule has 3 fully saturated rings. The SMILES string of the molecule is O=C(NC1CC2CCN(CC2)C1)c1ccc(Sc2nnco2)cc1. The Hall–Kier alpha value is -1.86. The summed E-state index contributed by atoms with van der Waals surface area (Å²) in [6.45, 7) is 3.34. The normalized spacial score (nSPS) is 26.1. The largest absolute Gasteiger partial charge is 0.419 e. The molecule has 6 nitrogen and oxygen atoms in total. The van der Waals surface area contributed by atoms with Crippen LogP contribution < -0.4 is 5.32 Å². The lowest BCUT2D eigenvalue weighted by atomic mass is 9.94. The van der Waals surface area contributed by atoms with Gasteiger partial charge < -0.3 is 14.6 Å². The highest BCUT2D eigenvalue weighted by atomic mass is 32.2. The quantitative estimate of drug-likeness (QED) is 0.918. The minimum absolute atomic E-state index is 0.0110. The predicted octanol–water partition coefficient (Wildman–Crippen LogP) is 2.43. The fourth-order valence-corrected chi connectivity index (χ4v) is 4.20. The second-order valence-corrected chi connectivity index (χ2v) is 7.51. The zero-order valence-electron chi connectivity index (χ0n) is 13.4. The average Bonchev–Trinajstić information content (AvgIpc) is 2.94. The lowest BCUT2D eigenvalue weighted by Gasteiger charge is -2.26. The maximum atomic E-state index is 12.5. The van der Waals surface area contributed by atoms with Crippen LogP contribution in [0.25, 0.3) is 0 Å². The Balaban J connectivity index is 1.37. The maximum absolute atomic E-state index is 12.5. The summed E-state index contributed by atoms with van der Waals surface area (Å²) in [5.74, 6) is 0.777. The van der Waals surface area contributed by atoms with Crippen molar-refractivity contribution in [2.75, 3.05) is 19.6 Å². The Morgan fingerprint density at radius 1 is 1.25 bits per heavy atom. The number of carbonyl (C=O) groups is 1. The minimum atomic E-state index is 0.0110. The lowest BCUT2D eigenvalue weighted by molar-refractivity contribution is 0.0928. The molecule has 2 aromatic rings. The Morgan fingerprint density at radius 2 is 2.04 bits per heavy atom. The van der Waals surface area contributed by atoms with E-state index >= 15 is 0 Å². The van der Waals surface area contributed by atoms with E-state index < -0.39 is 0 Å². The first kappa shape index (κ1) is 15.7. The van der Waals surface area contributed by atoms with Crippen LogP contribution in [0.4, 0.5) is 0 Å². The van der Waals surface area contributed by atoms with Crippen LogP contribution in [0.15, 0.2) is 45.2 Å². The molecular weight excluding hydrogens is 324 g/mol. The Kier molecular flexibility index (Phi) is 4.53. The van der Waals surface area contributed by atoms with Gasteiger partial charge in [0.25, 0.3) is 11.1 Å². The van der Waals surface area contributed by atoms with Gasteiger partial charge in [-0.1, -0.05) is 0 Å². The summed E-state index contributed by atoms with van der Waals surface area (Å²) in [7, 11) is 0. The molecule has 24 heavy (non-hydrogen) atoms. The molecular formula is C17H20N4O2S. The van der Waals surface area contributed by atoms with Crippen LogP contribution in [0.2, 0.25) is 0 Å². The molecule has 0 aliphatic carbocycles. The molecule has 3 aliphatic rings. The van der Waals surface area contributed by atoms with E-state index in [0.29, 0.717) is 10.8 Å². The summed E-state index contributed by atoms with van der Waals surface area (Å²) in [5.41, 5.74) is 0.691. The van der Waals surface area contributed by atoms with Crippen LogP contribution in [0.3, 0.4) is 0 Å². The van der Waals surface area contributed by atoms with Crippen molar-refractivity contribution in [1.29, 1.82) is 0 Å². The smallest absolute Gasteiger partial charge is 0.281 e. The number of piperidine rings is 1. The molecule has 1 atom stereocenters. The zero-order valence-corrected chi connectivity index (χ0v) is 14.2. The molecule has 3 aliphatic heterocycles. The molecule has 0 radical (unpaired) electrons. The first-order valence-electron chi connectivity index (χ1n) is 8.33. The van der Waals surface area contributed by atoms with Crippen molar-refractivity contribution in [2.45, 2.75) is 35.4 Å². The molecule has 7 heteroatoms. The first-order chi connectivity index (χ1) is 11.8. The van der Waals surface area contributed by atoms with E-state index in [2.05, 4.69) is 20.4 Å². The summed E-state index contributed by atoms with van der Waals surface area (Å²) in [6, 6.07) is 7.77. The van der Waals surface area contributed by atoms with E-state index in [1.807, 2.05) is 24.3 Å². The predicted molar refractivity (Wildman–Crippen MR) is 89.9 cm³/mol. The van der Waals surface area contributed by atoms with Gasteiger partial charge in [-0.25, -0.2) is 0 Å². The standard InChI is InChI=1S/C17H20N4O2S/c22-16(19-14-9-12-5-7-21(10-14)8-6-12)13-1-3-15(4-2-13)24-17-20-18-11-23-17/h1-4,11-12,14H,5-10H2,(H,19,22). The van der Waals surface area contributed by atoms with Crippen LogP contribution in [0.1, 0.15) is 29.6 Å². The highest BCUT2D eigenvalue weighted by Crippen LogP contribution is 2.27.